The van der Waals surface area contributed by atoms with Crippen LogP contribution in [-0.4, -0.2) is 19.1 Å². The number of halogens is 3. The van der Waals surface area contributed by atoms with Crippen molar-refractivity contribution in [2.75, 3.05) is 18.4 Å². The first-order valence-electron chi connectivity index (χ1n) is 5.28. The number of nitrogens with one attached hydrogen (secondary N) is 2. The number of anilines is 1. The van der Waals surface area contributed by atoms with Crippen LogP contribution in [0.1, 0.15) is 12.8 Å². The second kappa shape index (κ2) is 5.21. The van der Waals surface area contributed by atoms with E-state index in [0.717, 1.165) is 25.2 Å². The second-order valence-corrected chi connectivity index (χ2v) is 4.74. The van der Waals surface area contributed by atoms with Crippen LogP contribution < -0.4 is 10.6 Å². The molecule has 2 N–H and O–H groups in total. The molecule has 1 aromatic carbocycles. The van der Waals surface area contributed by atoms with Crippen molar-refractivity contribution in [1.82, 2.24) is 5.32 Å². The van der Waals surface area contributed by atoms with Crippen molar-refractivity contribution < 1.29 is 4.39 Å². The third kappa shape index (κ3) is 2.78. The molecule has 2 rings (SSSR count). The molecule has 0 aromatic heterocycles. The van der Waals surface area contributed by atoms with Crippen molar-refractivity contribution in [2.45, 2.75) is 18.9 Å². The first-order chi connectivity index (χ1) is 7.66. The van der Waals surface area contributed by atoms with Crippen molar-refractivity contribution in [3.8, 4) is 0 Å². The zero-order chi connectivity index (χ0) is 11.5. The van der Waals surface area contributed by atoms with E-state index in [-0.39, 0.29) is 10.0 Å². The zero-order valence-electron chi connectivity index (χ0n) is 8.69. The molecule has 1 unspecified atom stereocenters. The summed E-state index contributed by atoms with van der Waals surface area (Å²) in [6, 6.07) is 3.58. The highest BCUT2D eigenvalue weighted by Crippen LogP contribution is 2.27. The van der Waals surface area contributed by atoms with Crippen LogP contribution in [0, 0.1) is 5.82 Å². The normalized spacial score (nSPS) is 20.1. The molecule has 1 aliphatic heterocycles. The first kappa shape index (κ1) is 12.0. The van der Waals surface area contributed by atoms with Gasteiger partial charge in [-0.05, 0) is 31.5 Å². The maximum atomic E-state index is 13.1. The highest BCUT2D eigenvalue weighted by molar-refractivity contribution is 6.35. The van der Waals surface area contributed by atoms with E-state index in [9.17, 15) is 4.39 Å². The fourth-order valence-corrected chi connectivity index (χ4v) is 2.32. The largest absolute Gasteiger partial charge is 0.383 e. The summed E-state index contributed by atoms with van der Waals surface area (Å²) >= 11 is 11.4. The minimum atomic E-state index is -0.562. The number of benzene rings is 1. The van der Waals surface area contributed by atoms with Gasteiger partial charge in [-0.2, -0.15) is 0 Å². The van der Waals surface area contributed by atoms with Gasteiger partial charge in [-0.25, -0.2) is 4.39 Å². The summed E-state index contributed by atoms with van der Waals surface area (Å²) in [7, 11) is 0. The van der Waals surface area contributed by atoms with Gasteiger partial charge in [0.15, 0.2) is 5.82 Å². The Bertz CT molecular complexity index is 355. The Morgan fingerprint density at radius 3 is 2.62 bits per heavy atom. The van der Waals surface area contributed by atoms with E-state index in [1.54, 1.807) is 12.1 Å². The Morgan fingerprint density at radius 1 is 1.38 bits per heavy atom. The average molecular weight is 263 g/mol. The lowest BCUT2D eigenvalue weighted by Crippen LogP contribution is -2.29. The van der Waals surface area contributed by atoms with Crippen molar-refractivity contribution in [3.05, 3.63) is 28.0 Å². The van der Waals surface area contributed by atoms with Gasteiger partial charge in [-0.3, -0.25) is 0 Å². The van der Waals surface area contributed by atoms with Gasteiger partial charge in [-0.15, -0.1) is 0 Å². The standard InChI is InChI=1S/C11H13Cl2FN2/c12-9-4-8(5-10(13)11(9)14)16-6-7-2-1-3-15-7/h4-5,7,15-16H,1-3,6H2. The average Bonchev–Trinajstić information content (AvgIpc) is 2.75. The van der Waals surface area contributed by atoms with Gasteiger partial charge in [0, 0.05) is 18.3 Å². The predicted molar refractivity (Wildman–Crippen MR) is 65.9 cm³/mol. The van der Waals surface area contributed by atoms with E-state index in [1.807, 2.05) is 0 Å². The Morgan fingerprint density at radius 2 is 2.06 bits per heavy atom. The minimum Gasteiger partial charge on any atom is -0.383 e. The molecule has 0 amide bonds. The van der Waals surface area contributed by atoms with Gasteiger partial charge < -0.3 is 10.6 Å². The molecule has 1 saturated heterocycles. The highest BCUT2D eigenvalue weighted by atomic mass is 35.5. The summed E-state index contributed by atoms with van der Waals surface area (Å²) < 4.78 is 13.1. The van der Waals surface area contributed by atoms with Gasteiger partial charge >= 0.3 is 0 Å². The first-order valence-corrected chi connectivity index (χ1v) is 6.04. The van der Waals surface area contributed by atoms with Crippen LogP contribution >= 0.6 is 23.2 Å². The maximum absolute atomic E-state index is 13.1. The van der Waals surface area contributed by atoms with Crippen LogP contribution in [0.2, 0.25) is 10.0 Å². The molecule has 0 radical (unpaired) electrons. The third-order valence-electron chi connectivity index (χ3n) is 2.70. The van der Waals surface area contributed by atoms with Gasteiger partial charge in [0.2, 0.25) is 0 Å². The van der Waals surface area contributed by atoms with E-state index in [1.165, 1.54) is 6.42 Å². The van der Waals surface area contributed by atoms with Gasteiger partial charge in [0.1, 0.15) is 0 Å². The molecule has 1 aliphatic rings. The van der Waals surface area contributed by atoms with E-state index >= 15 is 0 Å². The highest BCUT2D eigenvalue weighted by Gasteiger charge is 2.14. The van der Waals surface area contributed by atoms with Crippen LogP contribution in [0.15, 0.2) is 12.1 Å². The summed E-state index contributed by atoms with van der Waals surface area (Å²) in [5.41, 5.74) is 0.755. The van der Waals surface area contributed by atoms with Gasteiger partial charge in [-0.1, -0.05) is 23.2 Å². The molecule has 88 valence electrons. The van der Waals surface area contributed by atoms with E-state index in [2.05, 4.69) is 10.6 Å². The van der Waals surface area contributed by atoms with E-state index in [4.69, 9.17) is 23.2 Å². The summed E-state index contributed by atoms with van der Waals surface area (Å²) in [6.07, 6.45) is 2.37. The second-order valence-electron chi connectivity index (χ2n) is 3.93. The summed E-state index contributed by atoms with van der Waals surface area (Å²) in [5, 5.41) is 6.66. The molecule has 0 spiro atoms. The SMILES string of the molecule is Fc1c(Cl)cc(NCC2CCCN2)cc1Cl. The number of rotatable bonds is 3. The number of hydrogen-bond donors (Lipinski definition) is 2. The summed E-state index contributed by atoms with van der Waals surface area (Å²) in [6.45, 7) is 1.87. The Kier molecular flexibility index (Phi) is 3.90. The number of hydrogen-bond acceptors (Lipinski definition) is 2. The Hall–Kier alpha value is -0.510. The molecule has 2 nitrogen and oxygen atoms in total. The molecule has 0 saturated carbocycles. The molecule has 1 fully saturated rings. The lowest BCUT2D eigenvalue weighted by molar-refractivity contribution is 0.626. The smallest absolute Gasteiger partial charge is 0.160 e. The predicted octanol–water partition coefficient (Wildman–Crippen LogP) is 3.30. The van der Waals surface area contributed by atoms with E-state index < -0.39 is 5.82 Å². The molecule has 0 aliphatic carbocycles. The molecule has 1 aromatic rings. The van der Waals surface area contributed by atoms with Gasteiger partial charge in [0.25, 0.3) is 0 Å². The fraction of sp³-hybridized carbons (Fsp3) is 0.455. The van der Waals surface area contributed by atoms with Crippen molar-refractivity contribution in [2.24, 2.45) is 0 Å². The van der Waals surface area contributed by atoms with Crippen molar-refractivity contribution in [3.63, 3.8) is 0 Å². The lowest BCUT2D eigenvalue weighted by Gasteiger charge is -2.13. The van der Waals surface area contributed by atoms with Crippen LogP contribution in [0.3, 0.4) is 0 Å². The Balaban J connectivity index is 1.98. The van der Waals surface area contributed by atoms with Crippen LogP contribution in [0.25, 0.3) is 0 Å². The zero-order valence-corrected chi connectivity index (χ0v) is 10.2. The maximum Gasteiger partial charge on any atom is 0.160 e. The molecule has 1 atom stereocenters. The quantitative estimate of drug-likeness (QED) is 0.817. The Labute approximate surface area is 104 Å². The molecular formula is C11H13Cl2FN2. The topological polar surface area (TPSA) is 24.1 Å². The van der Waals surface area contributed by atoms with Crippen molar-refractivity contribution in [1.29, 1.82) is 0 Å². The lowest BCUT2D eigenvalue weighted by atomic mass is 10.2. The van der Waals surface area contributed by atoms with E-state index in [0.29, 0.717) is 6.04 Å². The minimum absolute atomic E-state index is 0.0504. The third-order valence-corrected chi connectivity index (χ3v) is 3.25. The van der Waals surface area contributed by atoms with Crippen LogP contribution in [-0.2, 0) is 0 Å². The summed E-state index contributed by atoms with van der Waals surface area (Å²) in [5.74, 6) is -0.562. The summed E-state index contributed by atoms with van der Waals surface area (Å²) in [4.78, 5) is 0. The monoisotopic (exact) mass is 262 g/mol. The molecule has 5 heteroatoms. The molecular weight excluding hydrogens is 250 g/mol. The molecule has 16 heavy (non-hydrogen) atoms. The molecule has 0 bridgehead atoms. The van der Waals surface area contributed by atoms with Crippen molar-refractivity contribution >= 4 is 28.9 Å². The van der Waals surface area contributed by atoms with Crippen LogP contribution in [0.4, 0.5) is 10.1 Å². The fourth-order valence-electron chi connectivity index (χ4n) is 1.83. The van der Waals surface area contributed by atoms with Crippen LogP contribution in [0.5, 0.6) is 0 Å². The molecule has 1 heterocycles. The van der Waals surface area contributed by atoms with Gasteiger partial charge in [0.05, 0.1) is 10.0 Å².